The summed E-state index contributed by atoms with van der Waals surface area (Å²) in [6.07, 6.45) is 2.42. The minimum Gasteiger partial charge on any atom is -0.398 e. The molecule has 0 radical (unpaired) electrons. The second-order valence-electron chi connectivity index (χ2n) is 4.91. The zero-order valence-corrected chi connectivity index (χ0v) is 12.1. The van der Waals surface area contributed by atoms with Crippen molar-refractivity contribution < 1.29 is 8.42 Å². The first-order chi connectivity index (χ1) is 9.01. The highest BCUT2D eigenvalue weighted by Crippen LogP contribution is 2.20. The standard InChI is InChI=1S/C13H21N3O2S/c1-15(10-11-16-8-4-5-9-16)19(17,18)13-7-3-2-6-12(13)14/h2-3,6-7H,4-5,8-11,14H2,1H3. The lowest BCUT2D eigenvalue weighted by Crippen LogP contribution is -2.35. The molecule has 0 aromatic heterocycles. The normalized spacial score (nSPS) is 17.2. The van der Waals surface area contributed by atoms with Crippen LogP contribution in [0.25, 0.3) is 0 Å². The summed E-state index contributed by atoms with van der Waals surface area (Å²) in [5.41, 5.74) is 6.05. The molecular formula is C13H21N3O2S. The molecule has 0 atom stereocenters. The molecule has 19 heavy (non-hydrogen) atoms. The summed E-state index contributed by atoms with van der Waals surface area (Å²) in [7, 11) is -1.87. The molecule has 6 heteroatoms. The largest absolute Gasteiger partial charge is 0.398 e. The maximum atomic E-state index is 12.4. The lowest BCUT2D eigenvalue weighted by Gasteiger charge is -2.21. The van der Waals surface area contributed by atoms with Gasteiger partial charge >= 0.3 is 0 Å². The fraction of sp³-hybridized carbons (Fsp3) is 0.538. The van der Waals surface area contributed by atoms with Crippen LogP contribution in [0.4, 0.5) is 5.69 Å². The van der Waals surface area contributed by atoms with Gasteiger partial charge in [-0.25, -0.2) is 8.42 Å². The number of nitrogens with zero attached hydrogens (tertiary/aromatic N) is 2. The molecule has 0 aliphatic carbocycles. The van der Waals surface area contributed by atoms with E-state index in [0.29, 0.717) is 12.2 Å². The summed E-state index contributed by atoms with van der Waals surface area (Å²) >= 11 is 0. The average molecular weight is 283 g/mol. The van der Waals surface area contributed by atoms with Gasteiger partial charge in [-0.1, -0.05) is 12.1 Å². The van der Waals surface area contributed by atoms with E-state index in [9.17, 15) is 8.42 Å². The third-order valence-electron chi connectivity index (χ3n) is 3.54. The Morgan fingerprint density at radius 1 is 1.26 bits per heavy atom. The molecule has 5 nitrogen and oxygen atoms in total. The van der Waals surface area contributed by atoms with Gasteiger partial charge in [0.05, 0.1) is 5.69 Å². The topological polar surface area (TPSA) is 66.6 Å². The van der Waals surface area contributed by atoms with Crippen LogP contribution in [0.15, 0.2) is 29.2 Å². The third-order valence-corrected chi connectivity index (χ3v) is 5.47. The molecule has 1 aliphatic heterocycles. The first kappa shape index (κ1) is 14.3. The van der Waals surface area contributed by atoms with Crippen LogP contribution in [0, 0.1) is 0 Å². The summed E-state index contributed by atoms with van der Waals surface area (Å²) in [6, 6.07) is 6.59. The van der Waals surface area contributed by atoms with Crippen LogP contribution in [0.1, 0.15) is 12.8 Å². The zero-order chi connectivity index (χ0) is 13.9. The molecule has 0 saturated carbocycles. The Morgan fingerprint density at radius 2 is 1.89 bits per heavy atom. The smallest absolute Gasteiger partial charge is 0.244 e. The fourth-order valence-corrected chi connectivity index (χ4v) is 3.57. The van der Waals surface area contributed by atoms with E-state index < -0.39 is 10.0 Å². The Hall–Kier alpha value is -1.11. The first-order valence-electron chi connectivity index (χ1n) is 6.55. The number of hydrogen-bond donors (Lipinski definition) is 1. The lowest BCUT2D eigenvalue weighted by atomic mass is 10.3. The van der Waals surface area contributed by atoms with Crippen LogP contribution >= 0.6 is 0 Å². The van der Waals surface area contributed by atoms with Gasteiger partial charge in [-0.05, 0) is 38.1 Å². The molecule has 1 aliphatic rings. The molecule has 1 saturated heterocycles. The maximum absolute atomic E-state index is 12.4. The van der Waals surface area contributed by atoms with Crippen molar-refractivity contribution in [1.82, 2.24) is 9.21 Å². The van der Waals surface area contributed by atoms with E-state index >= 15 is 0 Å². The number of benzene rings is 1. The average Bonchev–Trinajstić information content (AvgIpc) is 2.89. The number of para-hydroxylation sites is 1. The van der Waals surface area contributed by atoms with Crippen molar-refractivity contribution in [2.45, 2.75) is 17.7 Å². The molecule has 2 rings (SSSR count). The van der Waals surface area contributed by atoms with Crippen molar-refractivity contribution in [2.24, 2.45) is 0 Å². The first-order valence-corrected chi connectivity index (χ1v) is 7.99. The van der Waals surface area contributed by atoms with E-state index in [4.69, 9.17) is 5.73 Å². The summed E-state index contributed by atoms with van der Waals surface area (Å²) in [5, 5.41) is 0. The minimum atomic E-state index is -3.48. The van der Waals surface area contributed by atoms with E-state index in [1.54, 1.807) is 31.3 Å². The van der Waals surface area contributed by atoms with Crippen LogP contribution < -0.4 is 5.73 Å². The van der Waals surface area contributed by atoms with Crippen LogP contribution in [0.5, 0.6) is 0 Å². The summed E-state index contributed by atoms with van der Waals surface area (Å²) in [4.78, 5) is 2.49. The van der Waals surface area contributed by atoms with Gasteiger partial charge in [-0.3, -0.25) is 0 Å². The third kappa shape index (κ3) is 3.26. The molecule has 106 valence electrons. The second kappa shape index (κ2) is 5.90. The van der Waals surface area contributed by atoms with Gasteiger partial charge < -0.3 is 10.6 Å². The monoisotopic (exact) mass is 283 g/mol. The molecule has 0 spiro atoms. The molecular weight excluding hydrogens is 262 g/mol. The van der Waals surface area contributed by atoms with Gasteiger partial charge in [0.2, 0.25) is 10.0 Å². The van der Waals surface area contributed by atoms with Crippen LogP contribution in [0.2, 0.25) is 0 Å². The van der Waals surface area contributed by atoms with Gasteiger partial charge in [0.15, 0.2) is 0 Å². The van der Waals surface area contributed by atoms with Gasteiger partial charge in [0.25, 0.3) is 0 Å². The highest BCUT2D eigenvalue weighted by molar-refractivity contribution is 7.89. The maximum Gasteiger partial charge on any atom is 0.244 e. The Balaban J connectivity index is 2.04. The number of sulfonamides is 1. The molecule has 1 fully saturated rings. The Bertz CT molecular complexity index is 524. The van der Waals surface area contributed by atoms with Crippen molar-refractivity contribution in [3.05, 3.63) is 24.3 Å². The minimum absolute atomic E-state index is 0.193. The number of nitrogen functional groups attached to an aromatic ring is 1. The van der Waals surface area contributed by atoms with E-state index in [-0.39, 0.29) is 4.90 Å². The quantitative estimate of drug-likeness (QED) is 0.818. The number of anilines is 1. The summed E-state index contributed by atoms with van der Waals surface area (Å²) in [5.74, 6) is 0. The summed E-state index contributed by atoms with van der Waals surface area (Å²) in [6.45, 7) is 3.42. The number of nitrogens with two attached hydrogens (primary N) is 1. The second-order valence-corrected chi connectivity index (χ2v) is 6.93. The van der Waals surface area contributed by atoms with Gasteiger partial charge in [-0.2, -0.15) is 4.31 Å². The van der Waals surface area contributed by atoms with Crippen LogP contribution in [-0.2, 0) is 10.0 Å². The Labute approximate surface area is 115 Å². The lowest BCUT2D eigenvalue weighted by molar-refractivity contribution is 0.310. The SMILES string of the molecule is CN(CCN1CCCC1)S(=O)(=O)c1ccccc1N. The van der Waals surface area contributed by atoms with Crippen molar-refractivity contribution in [2.75, 3.05) is 39.0 Å². The van der Waals surface area contributed by atoms with Crippen LogP contribution in [-0.4, -0.2) is 50.8 Å². The highest BCUT2D eigenvalue weighted by Gasteiger charge is 2.23. The molecule has 0 unspecified atom stereocenters. The summed E-state index contributed by atoms with van der Waals surface area (Å²) < 4.78 is 26.2. The van der Waals surface area contributed by atoms with Crippen molar-refractivity contribution in [3.63, 3.8) is 0 Å². The fourth-order valence-electron chi connectivity index (χ4n) is 2.29. The zero-order valence-electron chi connectivity index (χ0n) is 11.2. The van der Waals surface area contributed by atoms with Crippen molar-refractivity contribution in [1.29, 1.82) is 0 Å². The van der Waals surface area contributed by atoms with Crippen molar-refractivity contribution in [3.8, 4) is 0 Å². The highest BCUT2D eigenvalue weighted by atomic mass is 32.2. The molecule has 0 bridgehead atoms. The predicted octanol–water partition coefficient (Wildman–Crippen LogP) is 0.985. The number of likely N-dealkylation sites (tertiary alicyclic amines) is 1. The van der Waals surface area contributed by atoms with E-state index in [1.807, 2.05) is 0 Å². The molecule has 1 heterocycles. The molecule has 1 aromatic rings. The van der Waals surface area contributed by atoms with E-state index in [0.717, 1.165) is 19.6 Å². The predicted molar refractivity (Wildman–Crippen MR) is 76.3 cm³/mol. The number of likely N-dealkylation sites (N-methyl/N-ethyl adjacent to an activating group) is 1. The Morgan fingerprint density at radius 3 is 2.53 bits per heavy atom. The van der Waals surface area contributed by atoms with E-state index in [1.165, 1.54) is 17.1 Å². The number of hydrogen-bond acceptors (Lipinski definition) is 4. The number of rotatable bonds is 5. The Kier molecular flexibility index (Phi) is 4.44. The van der Waals surface area contributed by atoms with Crippen molar-refractivity contribution >= 4 is 15.7 Å². The van der Waals surface area contributed by atoms with Gasteiger partial charge in [0.1, 0.15) is 4.90 Å². The van der Waals surface area contributed by atoms with E-state index in [2.05, 4.69) is 4.90 Å². The van der Waals surface area contributed by atoms with Crippen LogP contribution in [0.3, 0.4) is 0 Å². The van der Waals surface area contributed by atoms with Gasteiger partial charge in [-0.15, -0.1) is 0 Å². The van der Waals surface area contributed by atoms with Gasteiger partial charge in [0, 0.05) is 20.1 Å². The molecule has 0 amide bonds. The molecule has 2 N–H and O–H groups in total. The molecule has 1 aromatic carbocycles.